The lowest BCUT2D eigenvalue weighted by Crippen LogP contribution is -2.36. The molecule has 0 saturated carbocycles. The van der Waals surface area contributed by atoms with Crippen LogP contribution in [0.15, 0.2) is 18.2 Å². The van der Waals surface area contributed by atoms with Crippen LogP contribution in [-0.2, 0) is 4.79 Å². The number of carbonyl (C=O) groups excluding carboxylic acids is 1. The molecule has 0 aromatic heterocycles. The van der Waals surface area contributed by atoms with Crippen molar-refractivity contribution < 1.29 is 9.72 Å². The lowest BCUT2D eigenvalue weighted by atomic mass is 10.2. The number of nitrogens with zero attached hydrogens (tertiary/aromatic N) is 2. The van der Waals surface area contributed by atoms with Crippen LogP contribution in [0.2, 0.25) is 5.02 Å². The lowest BCUT2D eigenvalue weighted by molar-refractivity contribution is -0.384. The number of hydrogen-bond acceptors (Lipinski definition) is 4. The first-order valence-electron chi connectivity index (χ1n) is 5.24. The number of likely N-dealkylation sites (N-methyl/N-ethyl adjacent to an activating group) is 1. The summed E-state index contributed by atoms with van der Waals surface area (Å²) in [4.78, 5) is 23.4. The minimum absolute atomic E-state index is 0.152. The molecule has 1 atom stereocenters. The summed E-state index contributed by atoms with van der Waals surface area (Å²) in [7, 11) is 3.24. The molecule has 0 saturated heterocycles. The Morgan fingerprint density at radius 2 is 2.11 bits per heavy atom. The van der Waals surface area contributed by atoms with Crippen LogP contribution in [0.5, 0.6) is 0 Å². The first kappa shape index (κ1) is 14.2. The zero-order valence-electron chi connectivity index (χ0n) is 10.3. The van der Waals surface area contributed by atoms with E-state index in [1.54, 1.807) is 21.0 Å². The molecule has 0 aliphatic heterocycles. The van der Waals surface area contributed by atoms with Gasteiger partial charge >= 0.3 is 0 Å². The van der Waals surface area contributed by atoms with Crippen LogP contribution in [0.1, 0.15) is 6.92 Å². The topological polar surface area (TPSA) is 75.5 Å². The van der Waals surface area contributed by atoms with Crippen molar-refractivity contribution in [3.8, 4) is 0 Å². The van der Waals surface area contributed by atoms with Crippen molar-refractivity contribution in [2.45, 2.75) is 13.0 Å². The van der Waals surface area contributed by atoms with Gasteiger partial charge in [0.1, 0.15) is 11.7 Å². The molecule has 0 bridgehead atoms. The normalized spacial score (nSPS) is 11.8. The highest BCUT2D eigenvalue weighted by Gasteiger charge is 2.20. The van der Waals surface area contributed by atoms with Crippen LogP contribution in [-0.4, -0.2) is 35.9 Å². The van der Waals surface area contributed by atoms with Gasteiger partial charge in [0.25, 0.3) is 5.69 Å². The molecule has 0 fully saturated rings. The van der Waals surface area contributed by atoms with E-state index >= 15 is 0 Å². The molecule has 1 rings (SSSR count). The monoisotopic (exact) mass is 271 g/mol. The second-order valence-electron chi connectivity index (χ2n) is 4.02. The van der Waals surface area contributed by atoms with E-state index in [2.05, 4.69) is 5.32 Å². The summed E-state index contributed by atoms with van der Waals surface area (Å²) in [5, 5.41) is 14.0. The van der Waals surface area contributed by atoms with Crippen molar-refractivity contribution in [1.29, 1.82) is 0 Å². The van der Waals surface area contributed by atoms with Crippen molar-refractivity contribution in [2.24, 2.45) is 0 Å². The number of nitro benzene ring substituents is 1. The van der Waals surface area contributed by atoms with Crippen molar-refractivity contribution in [2.75, 3.05) is 19.4 Å². The third-order valence-corrected chi connectivity index (χ3v) is 2.57. The summed E-state index contributed by atoms with van der Waals surface area (Å²) in [5.41, 5.74) is 0.119. The standard InChI is InChI=1S/C11H14ClN3O3/c1-7(11(16)14(2)3)13-9-5-4-8(12)6-10(9)15(17)18/h4-7,13H,1-3H3. The van der Waals surface area contributed by atoms with E-state index in [1.165, 1.54) is 23.1 Å². The van der Waals surface area contributed by atoms with Gasteiger partial charge in [-0.2, -0.15) is 0 Å². The summed E-state index contributed by atoms with van der Waals surface area (Å²) in [6, 6.07) is 3.71. The molecule has 1 aromatic rings. The summed E-state index contributed by atoms with van der Waals surface area (Å²) < 4.78 is 0. The van der Waals surface area contributed by atoms with Crippen LogP contribution in [0.4, 0.5) is 11.4 Å². The van der Waals surface area contributed by atoms with Crippen molar-refractivity contribution >= 4 is 28.9 Å². The molecule has 0 heterocycles. The fourth-order valence-electron chi connectivity index (χ4n) is 1.46. The largest absolute Gasteiger partial charge is 0.368 e. The molecule has 0 aliphatic rings. The second-order valence-corrected chi connectivity index (χ2v) is 4.45. The average Bonchev–Trinajstić information content (AvgIpc) is 2.29. The molecule has 1 unspecified atom stereocenters. The van der Waals surface area contributed by atoms with E-state index in [0.29, 0.717) is 0 Å². The zero-order valence-corrected chi connectivity index (χ0v) is 11.1. The highest BCUT2D eigenvalue weighted by atomic mass is 35.5. The van der Waals surface area contributed by atoms with Gasteiger partial charge in [0.05, 0.1) is 4.92 Å². The number of nitrogens with one attached hydrogen (secondary N) is 1. The quantitative estimate of drug-likeness (QED) is 0.672. The third kappa shape index (κ3) is 3.33. The maximum Gasteiger partial charge on any atom is 0.293 e. The molecule has 6 nitrogen and oxygen atoms in total. The number of carbonyl (C=O) groups is 1. The summed E-state index contributed by atoms with van der Waals surface area (Å²) >= 11 is 5.70. The zero-order chi connectivity index (χ0) is 13.9. The predicted octanol–water partition coefficient (Wildman–Crippen LogP) is 2.14. The van der Waals surface area contributed by atoms with E-state index in [-0.39, 0.29) is 22.3 Å². The number of benzene rings is 1. The molecule has 1 N–H and O–H groups in total. The smallest absolute Gasteiger partial charge is 0.293 e. The number of hydrogen-bond donors (Lipinski definition) is 1. The number of nitro groups is 1. The van der Waals surface area contributed by atoms with Crippen LogP contribution in [0.25, 0.3) is 0 Å². The van der Waals surface area contributed by atoms with Gasteiger partial charge < -0.3 is 10.2 Å². The van der Waals surface area contributed by atoms with Gasteiger partial charge in [-0.15, -0.1) is 0 Å². The van der Waals surface area contributed by atoms with Crippen LogP contribution >= 0.6 is 11.6 Å². The SMILES string of the molecule is CC(Nc1ccc(Cl)cc1[N+](=O)[O-])C(=O)N(C)C. The van der Waals surface area contributed by atoms with Crippen molar-refractivity contribution in [3.63, 3.8) is 0 Å². The molecule has 1 aromatic carbocycles. The molecule has 18 heavy (non-hydrogen) atoms. The van der Waals surface area contributed by atoms with Crippen molar-refractivity contribution in [3.05, 3.63) is 33.3 Å². The van der Waals surface area contributed by atoms with E-state index in [1.807, 2.05) is 0 Å². The fourth-order valence-corrected chi connectivity index (χ4v) is 1.63. The van der Waals surface area contributed by atoms with Crippen LogP contribution < -0.4 is 5.32 Å². The Hall–Kier alpha value is -1.82. The lowest BCUT2D eigenvalue weighted by Gasteiger charge is -2.18. The van der Waals surface area contributed by atoms with E-state index in [0.717, 1.165) is 0 Å². The third-order valence-electron chi connectivity index (χ3n) is 2.34. The van der Waals surface area contributed by atoms with Gasteiger partial charge in [0.2, 0.25) is 5.91 Å². The number of halogens is 1. The summed E-state index contributed by atoms with van der Waals surface area (Å²) in [6.07, 6.45) is 0. The maximum atomic E-state index is 11.7. The van der Waals surface area contributed by atoms with Gasteiger partial charge in [-0.05, 0) is 19.1 Å². The Morgan fingerprint density at radius 3 is 2.61 bits per heavy atom. The fraction of sp³-hybridized carbons (Fsp3) is 0.364. The maximum absolute atomic E-state index is 11.7. The number of anilines is 1. The second kappa shape index (κ2) is 5.68. The number of rotatable bonds is 4. The minimum Gasteiger partial charge on any atom is -0.368 e. The first-order chi connectivity index (χ1) is 8.32. The molecule has 0 aliphatic carbocycles. The van der Waals surface area contributed by atoms with Gasteiger partial charge in [0, 0.05) is 25.2 Å². The molecule has 7 heteroatoms. The molecular weight excluding hydrogens is 258 g/mol. The van der Waals surface area contributed by atoms with Gasteiger partial charge in [-0.3, -0.25) is 14.9 Å². The Balaban J connectivity index is 2.97. The molecule has 0 spiro atoms. The van der Waals surface area contributed by atoms with Crippen molar-refractivity contribution in [1.82, 2.24) is 4.90 Å². The van der Waals surface area contributed by atoms with E-state index in [4.69, 9.17) is 11.6 Å². The Bertz CT molecular complexity index is 477. The summed E-state index contributed by atoms with van der Waals surface area (Å²) in [5.74, 6) is -0.167. The molecule has 0 radical (unpaired) electrons. The van der Waals surface area contributed by atoms with E-state index in [9.17, 15) is 14.9 Å². The predicted molar refractivity (Wildman–Crippen MR) is 69.9 cm³/mol. The molecular formula is C11H14ClN3O3. The Labute approximate surface area is 110 Å². The van der Waals surface area contributed by atoms with Gasteiger partial charge in [-0.1, -0.05) is 11.6 Å². The molecule has 98 valence electrons. The molecule has 1 amide bonds. The average molecular weight is 272 g/mol. The highest BCUT2D eigenvalue weighted by Crippen LogP contribution is 2.28. The Kier molecular flexibility index (Phi) is 4.49. The number of amides is 1. The van der Waals surface area contributed by atoms with Gasteiger partial charge in [-0.25, -0.2) is 0 Å². The van der Waals surface area contributed by atoms with Crippen LogP contribution in [0, 0.1) is 10.1 Å². The van der Waals surface area contributed by atoms with Gasteiger partial charge in [0.15, 0.2) is 0 Å². The Morgan fingerprint density at radius 1 is 1.50 bits per heavy atom. The van der Waals surface area contributed by atoms with Crippen LogP contribution in [0.3, 0.4) is 0 Å². The minimum atomic E-state index is -0.556. The first-order valence-corrected chi connectivity index (χ1v) is 5.62. The van der Waals surface area contributed by atoms with E-state index < -0.39 is 11.0 Å². The summed E-state index contributed by atoms with van der Waals surface area (Å²) in [6.45, 7) is 1.64. The highest BCUT2D eigenvalue weighted by molar-refractivity contribution is 6.30.